The van der Waals surface area contributed by atoms with Crippen LogP contribution < -0.4 is 0 Å². The van der Waals surface area contributed by atoms with Gasteiger partial charge in [-0.15, -0.1) is 4.91 Å². The summed E-state index contributed by atoms with van der Waals surface area (Å²) >= 11 is 0. The van der Waals surface area contributed by atoms with E-state index in [0.29, 0.717) is 16.9 Å². The highest BCUT2D eigenvalue weighted by atomic mass is 16.6. The number of nitrogens with zero attached hydrogens (tertiary/aromatic N) is 4. The number of imidazole rings is 1. The average Bonchev–Trinajstić information content (AvgIpc) is 2.87. The number of nitro benzene ring substituents is 1. The van der Waals surface area contributed by atoms with Crippen LogP contribution in [0, 0.1) is 21.9 Å². The van der Waals surface area contributed by atoms with Crippen molar-refractivity contribution in [1.82, 2.24) is 9.38 Å². The van der Waals surface area contributed by atoms with Gasteiger partial charge in [0.1, 0.15) is 11.3 Å². The van der Waals surface area contributed by atoms with Crippen molar-refractivity contribution in [1.29, 1.82) is 0 Å². The van der Waals surface area contributed by atoms with E-state index in [2.05, 4.69) is 10.2 Å². The molecule has 0 saturated heterocycles. The quantitative estimate of drug-likeness (QED) is 0.417. The van der Waals surface area contributed by atoms with Crippen LogP contribution in [0.25, 0.3) is 16.9 Å². The van der Waals surface area contributed by atoms with Crippen LogP contribution >= 0.6 is 0 Å². The maximum Gasteiger partial charge on any atom is 0.270 e. The number of aryl methyl sites for hydroxylation is 1. The van der Waals surface area contributed by atoms with Gasteiger partial charge in [0.15, 0.2) is 0 Å². The van der Waals surface area contributed by atoms with Gasteiger partial charge in [-0.05, 0) is 23.7 Å². The lowest BCUT2D eigenvalue weighted by molar-refractivity contribution is -0.384. The minimum absolute atomic E-state index is 0.0573. The third-order valence-corrected chi connectivity index (χ3v) is 3.24. The number of nitroso groups, excluding NO2 is 1. The fraction of sp³-hybridized carbons (Fsp3) is 0.0714. The second kappa shape index (κ2) is 4.78. The highest BCUT2D eigenvalue weighted by Gasteiger charge is 2.17. The van der Waals surface area contributed by atoms with Crippen molar-refractivity contribution in [3.05, 3.63) is 63.2 Å². The van der Waals surface area contributed by atoms with Gasteiger partial charge in [0, 0.05) is 23.9 Å². The van der Waals surface area contributed by atoms with Crippen molar-refractivity contribution in [3.8, 4) is 11.3 Å². The molecule has 0 fully saturated rings. The molecule has 0 radical (unpaired) electrons. The normalized spacial score (nSPS) is 10.7. The molecule has 0 atom stereocenters. The molecule has 7 nitrogen and oxygen atoms in total. The Balaban J connectivity index is 2.30. The van der Waals surface area contributed by atoms with E-state index >= 15 is 0 Å². The Hall–Kier alpha value is -3.09. The molecular weight excluding hydrogens is 272 g/mol. The predicted molar refractivity (Wildman–Crippen MR) is 77.5 cm³/mol. The van der Waals surface area contributed by atoms with Crippen molar-refractivity contribution in [2.24, 2.45) is 5.18 Å². The molecule has 7 heteroatoms. The molecule has 0 amide bonds. The number of aromatic nitrogens is 2. The van der Waals surface area contributed by atoms with E-state index in [1.54, 1.807) is 28.8 Å². The first-order valence-corrected chi connectivity index (χ1v) is 6.17. The second-order valence-electron chi connectivity index (χ2n) is 4.57. The predicted octanol–water partition coefficient (Wildman–Crippen LogP) is 3.62. The monoisotopic (exact) mass is 282 g/mol. The molecule has 0 saturated carbocycles. The molecule has 2 aromatic heterocycles. The SMILES string of the molecule is Cc1cccn2c(N=O)c(-c3cccc([N+](=O)[O-])c3)nc12. The summed E-state index contributed by atoms with van der Waals surface area (Å²) < 4.78 is 1.58. The van der Waals surface area contributed by atoms with Gasteiger partial charge < -0.3 is 0 Å². The van der Waals surface area contributed by atoms with Gasteiger partial charge in [-0.2, -0.15) is 0 Å². The maximum absolute atomic E-state index is 11.2. The summed E-state index contributed by atoms with van der Waals surface area (Å²) in [5, 5.41) is 13.9. The van der Waals surface area contributed by atoms with Crippen molar-refractivity contribution in [3.63, 3.8) is 0 Å². The number of rotatable bonds is 3. The molecule has 0 unspecified atom stereocenters. The molecule has 104 valence electrons. The average molecular weight is 282 g/mol. The molecule has 2 heterocycles. The topological polar surface area (TPSA) is 89.9 Å². The van der Waals surface area contributed by atoms with Crippen molar-refractivity contribution >= 4 is 17.2 Å². The Morgan fingerprint density at radius 1 is 1.29 bits per heavy atom. The van der Waals surface area contributed by atoms with E-state index in [1.165, 1.54) is 12.1 Å². The number of pyridine rings is 1. The van der Waals surface area contributed by atoms with Crippen molar-refractivity contribution in [2.75, 3.05) is 0 Å². The standard InChI is InChI=1S/C14H10N4O3/c1-9-4-3-7-17-13(9)15-12(14(17)16-19)10-5-2-6-11(8-10)18(20)21/h2-8H,1H3. The molecule has 0 aliphatic rings. The minimum Gasteiger partial charge on any atom is -0.281 e. The van der Waals surface area contributed by atoms with Crippen LogP contribution in [0.4, 0.5) is 11.5 Å². The Labute approximate surface area is 119 Å². The smallest absolute Gasteiger partial charge is 0.270 e. The number of hydrogen-bond acceptors (Lipinski definition) is 5. The zero-order chi connectivity index (χ0) is 15.0. The molecule has 0 aliphatic carbocycles. The molecule has 0 aliphatic heterocycles. The van der Waals surface area contributed by atoms with E-state index in [1.807, 2.05) is 13.0 Å². The van der Waals surface area contributed by atoms with Crippen LogP contribution in [-0.4, -0.2) is 14.3 Å². The van der Waals surface area contributed by atoms with Crippen molar-refractivity contribution < 1.29 is 4.92 Å². The first-order chi connectivity index (χ1) is 10.1. The third-order valence-electron chi connectivity index (χ3n) is 3.24. The number of hydrogen-bond donors (Lipinski definition) is 0. The zero-order valence-electron chi connectivity index (χ0n) is 11.1. The van der Waals surface area contributed by atoms with E-state index in [-0.39, 0.29) is 11.5 Å². The van der Waals surface area contributed by atoms with Gasteiger partial charge >= 0.3 is 0 Å². The number of benzene rings is 1. The molecule has 0 bridgehead atoms. The molecule has 3 aromatic rings. The highest BCUT2D eigenvalue weighted by molar-refractivity contribution is 5.76. The second-order valence-corrected chi connectivity index (χ2v) is 4.57. The Bertz CT molecular complexity index is 870. The van der Waals surface area contributed by atoms with E-state index in [4.69, 9.17) is 0 Å². The maximum atomic E-state index is 11.2. The third kappa shape index (κ3) is 2.04. The van der Waals surface area contributed by atoms with E-state index in [9.17, 15) is 15.0 Å². The summed E-state index contributed by atoms with van der Waals surface area (Å²) in [5.41, 5.74) is 2.26. The fourth-order valence-electron chi connectivity index (χ4n) is 2.24. The summed E-state index contributed by atoms with van der Waals surface area (Å²) in [5.74, 6) is 0.134. The molecule has 21 heavy (non-hydrogen) atoms. The minimum atomic E-state index is -0.488. The van der Waals surface area contributed by atoms with E-state index in [0.717, 1.165) is 5.56 Å². The van der Waals surface area contributed by atoms with Crippen LogP contribution in [0.3, 0.4) is 0 Å². The van der Waals surface area contributed by atoms with Crippen LogP contribution in [0.2, 0.25) is 0 Å². The van der Waals surface area contributed by atoms with Gasteiger partial charge in [0.05, 0.1) is 4.92 Å². The van der Waals surface area contributed by atoms with Crippen LogP contribution in [0.1, 0.15) is 5.56 Å². The lowest BCUT2D eigenvalue weighted by atomic mass is 10.1. The molecule has 0 spiro atoms. The first kappa shape index (κ1) is 12.9. The lowest BCUT2D eigenvalue weighted by Crippen LogP contribution is -1.88. The Kier molecular flexibility index (Phi) is 2.94. The van der Waals surface area contributed by atoms with Crippen LogP contribution in [0.5, 0.6) is 0 Å². The number of nitro groups is 1. The summed E-state index contributed by atoms with van der Waals surface area (Å²) in [6, 6.07) is 9.64. The van der Waals surface area contributed by atoms with Crippen LogP contribution in [0.15, 0.2) is 47.8 Å². The largest absolute Gasteiger partial charge is 0.281 e. The van der Waals surface area contributed by atoms with Gasteiger partial charge in [0.25, 0.3) is 5.69 Å². The summed E-state index contributed by atoms with van der Waals surface area (Å²) in [6.45, 7) is 1.87. The van der Waals surface area contributed by atoms with Gasteiger partial charge in [-0.25, -0.2) is 4.98 Å². The summed E-state index contributed by atoms with van der Waals surface area (Å²) in [6.07, 6.45) is 1.69. The molecular formula is C14H10N4O3. The lowest BCUT2D eigenvalue weighted by Gasteiger charge is -1.98. The van der Waals surface area contributed by atoms with E-state index < -0.39 is 4.92 Å². The molecule has 1 aromatic carbocycles. The number of non-ortho nitro benzene ring substituents is 1. The van der Waals surface area contributed by atoms with Gasteiger partial charge in [-0.3, -0.25) is 14.5 Å². The van der Waals surface area contributed by atoms with Gasteiger partial charge in [-0.1, -0.05) is 18.2 Å². The highest BCUT2D eigenvalue weighted by Crippen LogP contribution is 2.33. The van der Waals surface area contributed by atoms with Gasteiger partial charge in [0.2, 0.25) is 5.82 Å². The summed E-state index contributed by atoms with van der Waals surface area (Å²) in [7, 11) is 0. The Morgan fingerprint density at radius 2 is 2.10 bits per heavy atom. The number of fused-ring (bicyclic) bond motifs is 1. The molecule has 0 N–H and O–H groups in total. The zero-order valence-corrected chi connectivity index (χ0v) is 11.1. The molecule has 3 rings (SSSR count). The first-order valence-electron chi connectivity index (χ1n) is 6.17. The Morgan fingerprint density at radius 3 is 2.81 bits per heavy atom. The van der Waals surface area contributed by atoms with Crippen molar-refractivity contribution in [2.45, 2.75) is 6.92 Å². The summed E-state index contributed by atoms with van der Waals surface area (Å²) in [4.78, 5) is 25.9. The van der Waals surface area contributed by atoms with Crippen LogP contribution in [-0.2, 0) is 0 Å². The fourth-order valence-corrected chi connectivity index (χ4v) is 2.24.